The quantitative estimate of drug-likeness (QED) is 0.710. The van der Waals surface area contributed by atoms with E-state index in [1.807, 2.05) is 24.3 Å². The van der Waals surface area contributed by atoms with Crippen LogP contribution in [0.1, 0.15) is 17.0 Å². The first-order chi connectivity index (χ1) is 11.7. The summed E-state index contributed by atoms with van der Waals surface area (Å²) >= 11 is 7.52. The van der Waals surface area contributed by atoms with Crippen molar-refractivity contribution in [2.45, 2.75) is 11.6 Å². The fourth-order valence-electron chi connectivity index (χ4n) is 2.40. The third kappa shape index (κ3) is 3.20. The predicted molar refractivity (Wildman–Crippen MR) is 93.3 cm³/mol. The number of halogens is 2. The van der Waals surface area contributed by atoms with Crippen molar-refractivity contribution in [2.24, 2.45) is 5.10 Å². The molecule has 0 bridgehead atoms. The van der Waals surface area contributed by atoms with Crippen LogP contribution in [0.2, 0.25) is 5.02 Å². The molecule has 1 aliphatic rings. The van der Waals surface area contributed by atoms with E-state index in [1.165, 1.54) is 12.1 Å². The molecular weight excluding hydrogens is 347 g/mol. The Balaban J connectivity index is 1.59. The van der Waals surface area contributed by atoms with Gasteiger partial charge in [-0.15, -0.1) is 9.89 Å². The van der Waals surface area contributed by atoms with Crippen LogP contribution >= 0.6 is 23.4 Å². The molecule has 3 aromatic rings. The van der Waals surface area contributed by atoms with Crippen molar-refractivity contribution in [3.8, 4) is 0 Å². The lowest BCUT2D eigenvalue weighted by Crippen LogP contribution is -2.13. The van der Waals surface area contributed by atoms with Gasteiger partial charge in [0.15, 0.2) is 5.82 Å². The molecule has 0 radical (unpaired) electrons. The van der Waals surface area contributed by atoms with Crippen LogP contribution in [0.25, 0.3) is 0 Å². The van der Waals surface area contributed by atoms with Crippen LogP contribution in [0.4, 0.5) is 4.39 Å². The summed E-state index contributed by atoms with van der Waals surface area (Å²) in [4.78, 5) is 6.07. The molecule has 0 spiro atoms. The smallest absolute Gasteiger partial charge is 0.207 e. The van der Waals surface area contributed by atoms with E-state index >= 15 is 0 Å². The Bertz CT molecular complexity index is 903. The van der Waals surface area contributed by atoms with Crippen LogP contribution in [0, 0.1) is 5.82 Å². The summed E-state index contributed by atoms with van der Waals surface area (Å²) in [6.45, 7) is 0. The molecule has 2 aromatic carbocycles. The topological polar surface area (TPSA) is 43.1 Å². The molecule has 0 saturated heterocycles. The molecule has 0 aliphatic carbocycles. The molecule has 0 saturated carbocycles. The van der Waals surface area contributed by atoms with Gasteiger partial charge in [-0.1, -0.05) is 47.6 Å². The van der Waals surface area contributed by atoms with Crippen molar-refractivity contribution in [2.75, 3.05) is 5.75 Å². The molecule has 4 nitrogen and oxygen atoms in total. The Morgan fingerprint density at radius 2 is 1.83 bits per heavy atom. The first-order valence-corrected chi connectivity index (χ1v) is 8.71. The molecule has 0 atom stereocenters. The second kappa shape index (κ2) is 6.37. The van der Waals surface area contributed by atoms with Crippen molar-refractivity contribution < 1.29 is 4.39 Å². The van der Waals surface area contributed by atoms with Gasteiger partial charge in [0.05, 0.1) is 5.71 Å². The standard InChI is InChI=1S/C17H12ClFN4S/c18-13-5-3-12(4-6-13)15-10-24-17-20-16(22-23(17)21-15)9-11-1-7-14(19)8-2-11/h1-8H,9-10H2. The van der Waals surface area contributed by atoms with Gasteiger partial charge in [0, 0.05) is 17.2 Å². The van der Waals surface area contributed by atoms with Gasteiger partial charge in [0.2, 0.25) is 5.16 Å². The summed E-state index contributed by atoms with van der Waals surface area (Å²) in [5.74, 6) is 1.16. The lowest BCUT2D eigenvalue weighted by molar-refractivity contribution is 0.627. The highest BCUT2D eigenvalue weighted by Crippen LogP contribution is 2.24. The third-order valence-electron chi connectivity index (χ3n) is 3.61. The van der Waals surface area contributed by atoms with Crippen LogP contribution in [0.3, 0.4) is 0 Å². The number of rotatable bonds is 3. The lowest BCUT2D eigenvalue weighted by atomic mass is 10.1. The van der Waals surface area contributed by atoms with Crippen LogP contribution in [-0.4, -0.2) is 26.3 Å². The molecule has 1 aliphatic heterocycles. The zero-order chi connectivity index (χ0) is 16.5. The van der Waals surface area contributed by atoms with Crippen LogP contribution in [0.5, 0.6) is 0 Å². The van der Waals surface area contributed by atoms with Gasteiger partial charge in [-0.2, -0.15) is 5.10 Å². The SMILES string of the molecule is Fc1ccc(Cc2nc3n(n2)N=C(c2ccc(Cl)cc2)CS3)cc1. The molecule has 4 rings (SSSR count). The van der Waals surface area contributed by atoms with E-state index < -0.39 is 0 Å². The van der Waals surface area contributed by atoms with E-state index in [0.29, 0.717) is 17.3 Å². The maximum atomic E-state index is 13.0. The first-order valence-electron chi connectivity index (χ1n) is 7.34. The Kier molecular flexibility index (Phi) is 4.08. The van der Waals surface area contributed by atoms with E-state index in [9.17, 15) is 4.39 Å². The van der Waals surface area contributed by atoms with Crippen molar-refractivity contribution >= 4 is 29.1 Å². The third-order valence-corrected chi connectivity index (χ3v) is 4.79. The van der Waals surface area contributed by atoms with E-state index in [1.54, 1.807) is 28.7 Å². The van der Waals surface area contributed by atoms with Gasteiger partial charge in [0.25, 0.3) is 0 Å². The monoisotopic (exact) mass is 358 g/mol. The zero-order valence-corrected chi connectivity index (χ0v) is 14.1. The molecule has 0 unspecified atom stereocenters. The number of thioether (sulfide) groups is 1. The molecule has 7 heteroatoms. The predicted octanol–water partition coefficient (Wildman–Crippen LogP) is 4.02. The van der Waals surface area contributed by atoms with Crippen LogP contribution in [-0.2, 0) is 6.42 Å². The van der Waals surface area contributed by atoms with Gasteiger partial charge in [-0.25, -0.2) is 9.37 Å². The Morgan fingerprint density at radius 1 is 1.08 bits per heavy atom. The zero-order valence-electron chi connectivity index (χ0n) is 12.5. The fraction of sp³-hybridized carbons (Fsp3) is 0.118. The second-order valence-corrected chi connectivity index (χ2v) is 6.72. The highest BCUT2D eigenvalue weighted by Gasteiger charge is 2.18. The van der Waals surface area contributed by atoms with E-state index in [-0.39, 0.29) is 5.82 Å². The Labute approximate surface area is 147 Å². The van der Waals surface area contributed by atoms with Gasteiger partial charge in [-0.05, 0) is 35.4 Å². The summed E-state index contributed by atoms with van der Waals surface area (Å²) in [5.41, 5.74) is 2.92. The molecule has 2 heterocycles. The summed E-state index contributed by atoms with van der Waals surface area (Å²) in [7, 11) is 0. The maximum Gasteiger partial charge on any atom is 0.211 e. The largest absolute Gasteiger partial charge is 0.211 e. The van der Waals surface area contributed by atoms with Crippen molar-refractivity contribution in [3.05, 3.63) is 76.3 Å². The minimum atomic E-state index is -0.247. The van der Waals surface area contributed by atoms with Gasteiger partial charge < -0.3 is 0 Å². The number of hydrogen-bond acceptors (Lipinski definition) is 4. The average Bonchev–Trinajstić information content (AvgIpc) is 2.99. The van der Waals surface area contributed by atoms with Crippen molar-refractivity contribution in [1.82, 2.24) is 14.9 Å². The molecule has 120 valence electrons. The van der Waals surface area contributed by atoms with Gasteiger partial charge in [-0.3, -0.25) is 0 Å². The average molecular weight is 359 g/mol. The minimum Gasteiger partial charge on any atom is -0.207 e. The molecule has 0 N–H and O–H groups in total. The number of nitrogens with zero attached hydrogens (tertiary/aromatic N) is 4. The molecule has 24 heavy (non-hydrogen) atoms. The minimum absolute atomic E-state index is 0.247. The maximum absolute atomic E-state index is 13.0. The van der Waals surface area contributed by atoms with Gasteiger partial charge >= 0.3 is 0 Å². The number of hydrogen-bond donors (Lipinski definition) is 0. The van der Waals surface area contributed by atoms with Crippen LogP contribution in [0.15, 0.2) is 58.8 Å². The first kappa shape index (κ1) is 15.4. The molecule has 1 aromatic heterocycles. The Morgan fingerprint density at radius 3 is 2.58 bits per heavy atom. The van der Waals surface area contributed by atoms with E-state index in [4.69, 9.17) is 11.6 Å². The number of fused-ring (bicyclic) bond motifs is 1. The normalized spacial score (nSPS) is 13.5. The second-order valence-electron chi connectivity index (χ2n) is 5.35. The van der Waals surface area contributed by atoms with Crippen molar-refractivity contribution in [3.63, 3.8) is 0 Å². The summed E-state index contributed by atoms with van der Waals surface area (Å²) in [6.07, 6.45) is 0.548. The highest BCUT2D eigenvalue weighted by atomic mass is 35.5. The summed E-state index contributed by atoms with van der Waals surface area (Å²) in [6, 6.07) is 14.0. The fourth-order valence-corrected chi connectivity index (χ4v) is 3.39. The lowest BCUT2D eigenvalue weighted by Gasteiger charge is -2.11. The number of benzene rings is 2. The Hall–Kier alpha value is -2.18. The molecular formula is C17H12ClFN4S. The molecule has 0 fully saturated rings. The summed E-state index contributed by atoms with van der Waals surface area (Å²) < 4.78 is 13.0. The highest BCUT2D eigenvalue weighted by molar-refractivity contribution is 7.99. The van der Waals surface area contributed by atoms with E-state index in [2.05, 4.69) is 15.2 Å². The van der Waals surface area contributed by atoms with Crippen LogP contribution < -0.4 is 0 Å². The van der Waals surface area contributed by atoms with Crippen molar-refractivity contribution in [1.29, 1.82) is 0 Å². The van der Waals surface area contributed by atoms with Gasteiger partial charge in [0.1, 0.15) is 5.82 Å². The van der Waals surface area contributed by atoms with E-state index in [0.717, 1.165) is 27.7 Å². The molecule has 0 amide bonds. The summed E-state index contributed by atoms with van der Waals surface area (Å²) in [5, 5.41) is 10.5. The number of aromatic nitrogens is 3.